The van der Waals surface area contributed by atoms with Crippen molar-refractivity contribution in [2.45, 2.75) is 38.5 Å². The monoisotopic (exact) mass is 187 g/mol. The molecule has 0 aromatic rings. The molecule has 0 spiro atoms. The standard InChI is InChI=1S/C10H21NS/c1-6-9(4)12-7-10(11-5)8(2)3/h9-11H,2,6-7H2,1,3-5H3. The van der Waals surface area contributed by atoms with Crippen LogP contribution in [-0.2, 0) is 0 Å². The van der Waals surface area contributed by atoms with Gasteiger partial charge in [-0.3, -0.25) is 0 Å². The first-order valence-corrected chi connectivity index (χ1v) is 5.60. The van der Waals surface area contributed by atoms with Crippen molar-refractivity contribution in [1.82, 2.24) is 5.32 Å². The van der Waals surface area contributed by atoms with E-state index in [2.05, 4.69) is 32.7 Å². The molecule has 0 fully saturated rings. The fourth-order valence-corrected chi connectivity index (χ4v) is 2.06. The lowest BCUT2D eigenvalue weighted by atomic mass is 10.2. The number of thioether (sulfide) groups is 1. The summed E-state index contributed by atoms with van der Waals surface area (Å²) in [6.45, 7) is 10.5. The number of rotatable bonds is 6. The van der Waals surface area contributed by atoms with Crippen molar-refractivity contribution >= 4 is 11.8 Å². The molecule has 2 unspecified atom stereocenters. The molecule has 0 rings (SSSR count). The maximum Gasteiger partial charge on any atom is 0.0363 e. The highest BCUT2D eigenvalue weighted by Crippen LogP contribution is 2.16. The van der Waals surface area contributed by atoms with Crippen LogP contribution >= 0.6 is 11.8 Å². The number of nitrogens with one attached hydrogen (secondary N) is 1. The number of hydrogen-bond acceptors (Lipinski definition) is 2. The molecule has 0 radical (unpaired) electrons. The Kier molecular flexibility index (Phi) is 6.58. The van der Waals surface area contributed by atoms with Crippen molar-refractivity contribution in [2.24, 2.45) is 0 Å². The molecule has 0 saturated carbocycles. The zero-order chi connectivity index (χ0) is 9.56. The van der Waals surface area contributed by atoms with Gasteiger partial charge in [-0.25, -0.2) is 0 Å². The lowest BCUT2D eigenvalue weighted by Gasteiger charge is -2.17. The normalized spacial score (nSPS) is 15.7. The highest BCUT2D eigenvalue weighted by atomic mass is 32.2. The SMILES string of the molecule is C=C(C)C(CSC(C)CC)NC. The average Bonchev–Trinajstić information content (AvgIpc) is 2.04. The molecule has 72 valence electrons. The van der Waals surface area contributed by atoms with Crippen LogP contribution in [0.2, 0.25) is 0 Å². The minimum Gasteiger partial charge on any atom is -0.313 e. The molecule has 2 heteroatoms. The van der Waals surface area contributed by atoms with Crippen LogP contribution in [0, 0.1) is 0 Å². The topological polar surface area (TPSA) is 12.0 Å². The quantitative estimate of drug-likeness (QED) is 0.642. The Labute approximate surface area is 81.0 Å². The third-order valence-corrected chi connectivity index (χ3v) is 3.49. The van der Waals surface area contributed by atoms with E-state index in [1.54, 1.807) is 0 Å². The van der Waals surface area contributed by atoms with Crippen LogP contribution in [0.3, 0.4) is 0 Å². The largest absolute Gasteiger partial charge is 0.313 e. The van der Waals surface area contributed by atoms with Crippen LogP contribution in [0.15, 0.2) is 12.2 Å². The first-order valence-electron chi connectivity index (χ1n) is 4.56. The van der Waals surface area contributed by atoms with Crippen molar-refractivity contribution < 1.29 is 0 Å². The average molecular weight is 187 g/mol. The highest BCUT2D eigenvalue weighted by molar-refractivity contribution is 7.99. The van der Waals surface area contributed by atoms with Gasteiger partial charge in [0, 0.05) is 17.0 Å². The fraction of sp³-hybridized carbons (Fsp3) is 0.800. The Hall–Kier alpha value is 0.0500. The van der Waals surface area contributed by atoms with Gasteiger partial charge in [0.05, 0.1) is 0 Å². The highest BCUT2D eigenvalue weighted by Gasteiger charge is 2.08. The predicted octanol–water partition coefficient (Wildman–Crippen LogP) is 2.68. The van der Waals surface area contributed by atoms with Gasteiger partial charge in [-0.2, -0.15) is 11.8 Å². The molecular formula is C10H21NS. The second kappa shape index (κ2) is 6.55. The predicted molar refractivity (Wildman–Crippen MR) is 59.9 cm³/mol. The molecular weight excluding hydrogens is 166 g/mol. The van der Waals surface area contributed by atoms with Gasteiger partial charge in [0.25, 0.3) is 0 Å². The molecule has 0 aromatic carbocycles. The molecule has 0 heterocycles. The van der Waals surface area contributed by atoms with Gasteiger partial charge in [-0.05, 0) is 20.4 Å². The summed E-state index contributed by atoms with van der Waals surface area (Å²) in [5.41, 5.74) is 1.23. The lowest BCUT2D eigenvalue weighted by Crippen LogP contribution is -2.29. The molecule has 0 saturated heterocycles. The zero-order valence-electron chi connectivity index (χ0n) is 8.68. The van der Waals surface area contributed by atoms with Crippen LogP contribution < -0.4 is 5.32 Å². The Bertz CT molecular complexity index is 134. The van der Waals surface area contributed by atoms with Crippen molar-refractivity contribution in [3.8, 4) is 0 Å². The summed E-state index contributed by atoms with van der Waals surface area (Å²) in [4.78, 5) is 0. The van der Waals surface area contributed by atoms with Gasteiger partial charge >= 0.3 is 0 Å². The number of likely N-dealkylation sites (N-methyl/N-ethyl adjacent to an activating group) is 1. The van der Waals surface area contributed by atoms with Gasteiger partial charge in [-0.15, -0.1) is 0 Å². The van der Waals surface area contributed by atoms with Crippen LogP contribution in [0.4, 0.5) is 0 Å². The summed E-state index contributed by atoms with van der Waals surface area (Å²) in [6, 6.07) is 0.476. The zero-order valence-corrected chi connectivity index (χ0v) is 9.50. The second-order valence-electron chi connectivity index (χ2n) is 3.24. The third kappa shape index (κ3) is 4.83. The summed E-state index contributed by atoms with van der Waals surface area (Å²) in [7, 11) is 2.00. The van der Waals surface area contributed by atoms with E-state index in [1.807, 2.05) is 18.8 Å². The molecule has 2 atom stereocenters. The molecule has 0 aliphatic carbocycles. The molecule has 12 heavy (non-hydrogen) atoms. The van der Waals surface area contributed by atoms with Crippen LogP contribution in [-0.4, -0.2) is 24.1 Å². The maximum absolute atomic E-state index is 3.95. The van der Waals surface area contributed by atoms with Crippen molar-refractivity contribution in [2.75, 3.05) is 12.8 Å². The molecule has 1 N–H and O–H groups in total. The Balaban J connectivity index is 3.65. The van der Waals surface area contributed by atoms with E-state index in [4.69, 9.17) is 0 Å². The first kappa shape index (κ1) is 12.0. The van der Waals surface area contributed by atoms with Crippen LogP contribution in [0.1, 0.15) is 27.2 Å². The van der Waals surface area contributed by atoms with Gasteiger partial charge in [0.1, 0.15) is 0 Å². The Morgan fingerprint density at radius 3 is 2.50 bits per heavy atom. The van der Waals surface area contributed by atoms with E-state index in [0.717, 1.165) is 11.0 Å². The van der Waals surface area contributed by atoms with Gasteiger partial charge in [0.15, 0.2) is 0 Å². The van der Waals surface area contributed by atoms with E-state index >= 15 is 0 Å². The van der Waals surface area contributed by atoms with Gasteiger partial charge < -0.3 is 5.32 Å². The van der Waals surface area contributed by atoms with E-state index in [0.29, 0.717) is 6.04 Å². The van der Waals surface area contributed by atoms with E-state index < -0.39 is 0 Å². The lowest BCUT2D eigenvalue weighted by molar-refractivity contribution is 0.701. The summed E-state index contributed by atoms with van der Waals surface area (Å²) < 4.78 is 0. The fourth-order valence-electron chi connectivity index (χ4n) is 0.850. The third-order valence-electron chi connectivity index (χ3n) is 2.07. The minimum atomic E-state index is 0.476. The molecule has 0 aliphatic heterocycles. The van der Waals surface area contributed by atoms with E-state index in [9.17, 15) is 0 Å². The molecule has 0 bridgehead atoms. The minimum absolute atomic E-state index is 0.476. The molecule has 0 aliphatic rings. The summed E-state index contributed by atoms with van der Waals surface area (Å²) in [5.74, 6) is 1.14. The number of hydrogen-bond donors (Lipinski definition) is 1. The molecule has 0 aromatic heterocycles. The summed E-state index contributed by atoms with van der Waals surface area (Å²) in [5, 5.41) is 4.02. The van der Waals surface area contributed by atoms with Crippen molar-refractivity contribution in [3.63, 3.8) is 0 Å². The van der Waals surface area contributed by atoms with Crippen molar-refractivity contribution in [3.05, 3.63) is 12.2 Å². The summed E-state index contributed by atoms with van der Waals surface area (Å²) >= 11 is 2.01. The Morgan fingerprint density at radius 1 is 1.58 bits per heavy atom. The summed E-state index contributed by atoms with van der Waals surface area (Å²) in [6.07, 6.45) is 1.25. The van der Waals surface area contributed by atoms with E-state index in [1.165, 1.54) is 12.0 Å². The first-order chi connectivity index (χ1) is 5.61. The smallest absolute Gasteiger partial charge is 0.0363 e. The van der Waals surface area contributed by atoms with Crippen LogP contribution in [0.5, 0.6) is 0 Å². The van der Waals surface area contributed by atoms with Gasteiger partial charge in [-0.1, -0.05) is 26.0 Å². The second-order valence-corrected chi connectivity index (χ2v) is 4.71. The molecule has 0 amide bonds. The van der Waals surface area contributed by atoms with Crippen molar-refractivity contribution in [1.29, 1.82) is 0 Å². The van der Waals surface area contributed by atoms with Gasteiger partial charge in [0.2, 0.25) is 0 Å². The maximum atomic E-state index is 3.95. The Morgan fingerprint density at radius 2 is 2.17 bits per heavy atom. The van der Waals surface area contributed by atoms with Crippen LogP contribution in [0.25, 0.3) is 0 Å². The molecule has 1 nitrogen and oxygen atoms in total. The van der Waals surface area contributed by atoms with E-state index in [-0.39, 0.29) is 0 Å².